The maximum atomic E-state index is 13.7. The first kappa shape index (κ1) is 23.1. The second-order valence-corrected chi connectivity index (χ2v) is 9.89. The fourth-order valence-corrected chi connectivity index (χ4v) is 6.40. The summed E-state index contributed by atoms with van der Waals surface area (Å²) in [4.78, 5) is 67.0. The van der Waals surface area contributed by atoms with Crippen molar-refractivity contribution >= 4 is 39.8 Å². The molecule has 0 saturated heterocycles. The highest BCUT2D eigenvalue weighted by molar-refractivity contribution is 6.32. The Morgan fingerprint density at radius 2 is 1.63 bits per heavy atom. The number of aromatic hydroxyl groups is 2. The zero-order valence-electron chi connectivity index (χ0n) is 19.0. The summed E-state index contributed by atoms with van der Waals surface area (Å²) < 4.78 is 0. The molecule has 0 bridgehead atoms. The lowest BCUT2D eigenvalue weighted by atomic mass is 9.52. The number of benzene rings is 2. The van der Waals surface area contributed by atoms with Gasteiger partial charge < -0.3 is 21.1 Å². The van der Waals surface area contributed by atoms with Crippen molar-refractivity contribution in [3.63, 3.8) is 0 Å². The van der Waals surface area contributed by atoms with Crippen LogP contribution in [0.3, 0.4) is 0 Å². The normalized spacial score (nSPS) is 32.4. The molecule has 2 aromatic carbocycles. The third-order valence-corrected chi connectivity index (χ3v) is 7.92. The zero-order chi connectivity index (χ0) is 25.6. The van der Waals surface area contributed by atoms with E-state index in [2.05, 4.69) is 0 Å². The monoisotopic (exact) mass is 480 g/mol. The quantitative estimate of drug-likeness (QED) is 0.333. The maximum absolute atomic E-state index is 13.7. The number of amides is 1. The predicted octanol–water partition coefficient (Wildman–Crippen LogP) is -0.274. The van der Waals surface area contributed by atoms with Crippen LogP contribution in [0.1, 0.15) is 22.3 Å². The second kappa shape index (κ2) is 7.43. The van der Waals surface area contributed by atoms with Gasteiger partial charge in [0, 0.05) is 22.3 Å². The van der Waals surface area contributed by atoms with Gasteiger partial charge in [0.05, 0.1) is 17.5 Å². The molecule has 6 atom stereocenters. The summed E-state index contributed by atoms with van der Waals surface area (Å²) in [6.45, 7) is 0. The van der Waals surface area contributed by atoms with E-state index in [0.29, 0.717) is 5.39 Å². The highest BCUT2D eigenvalue weighted by Gasteiger charge is 2.69. The number of carbonyl (C=O) groups excluding carboxylic acids is 5. The fraction of sp³-hybridized carbons (Fsp3) is 0.400. The zero-order valence-corrected chi connectivity index (χ0v) is 19.0. The molecule has 35 heavy (non-hydrogen) atoms. The Morgan fingerprint density at radius 1 is 1.03 bits per heavy atom. The van der Waals surface area contributed by atoms with Crippen LogP contribution in [0.2, 0.25) is 0 Å². The first-order chi connectivity index (χ1) is 16.4. The standard InChI is InChI=1S/C25H24N2O8/c1-27(2)17-13-8-9-7-12-15(19(29)11-6-4-3-5-10(11)18(12)28)20(30)14(9)22(32)25(13,35)23(33)16(21(17)31)24(26)34/h3-6,9,13-14,16-17,28-29,35H,7-8H2,1-2H3,(H2,26,34)/t9-,13-,14?,16?,17-,25-/m0/s1. The van der Waals surface area contributed by atoms with E-state index in [4.69, 9.17) is 5.73 Å². The van der Waals surface area contributed by atoms with E-state index in [-0.39, 0.29) is 35.1 Å². The molecule has 10 nitrogen and oxygen atoms in total. The average molecular weight is 480 g/mol. The number of carbonyl (C=O) groups is 5. The number of likely N-dealkylation sites (N-methyl/N-ethyl adjacent to an activating group) is 1. The number of rotatable bonds is 2. The van der Waals surface area contributed by atoms with Crippen LogP contribution in [0.4, 0.5) is 0 Å². The first-order valence-electron chi connectivity index (χ1n) is 11.2. The smallest absolute Gasteiger partial charge is 0.235 e. The van der Waals surface area contributed by atoms with Gasteiger partial charge >= 0.3 is 0 Å². The Balaban J connectivity index is 1.70. The molecule has 2 unspecified atom stereocenters. The van der Waals surface area contributed by atoms with E-state index in [1.165, 1.54) is 25.1 Å². The van der Waals surface area contributed by atoms with Crippen molar-refractivity contribution in [1.29, 1.82) is 0 Å². The Labute approximate surface area is 199 Å². The number of Topliss-reactive ketones (excluding diaryl/α,β-unsaturated/α-hetero) is 4. The largest absolute Gasteiger partial charge is 0.507 e. The van der Waals surface area contributed by atoms with E-state index < -0.39 is 70.1 Å². The molecule has 3 aliphatic rings. The van der Waals surface area contributed by atoms with Gasteiger partial charge in [-0.15, -0.1) is 0 Å². The van der Waals surface area contributed by atoms with Gasteiger partial charge in [0.1, 0.15) is 11.5 Å². The van der Waals surface area contributed by atoms with Gasteiger partial charge in [-0.25, -0.2) is 0 Å². The van der Waals surface area contributed by atoms with Crippen LogP contribution in [-0.4, -0.2) is 75.0 Å². The van der Waals surface area contributed by atoms with Gasteiger partial charge in [-0.05, 0) is 32.9 Å². The number of nitrogens with two attached hydrogens (primary N) is 1. The first-order valence-corrected chi connectivity index (χ1v) is 11.2. The Kier molecular flexibility index (Phi) is 4.91. The van der Waals surface area contributed by atoms with Crippen molar-refractivity contribution < 1.29 is 39.3 Å². The van der Waals surface area contributed by atoms with Crippen LogP contribution in [0, 0.1) is 23.7 Å². The molecule has 1 amide bonds. The Morgan fingerprint density at radius 3 is 2.20 bits per heavy atom. The summed E-state index contributed by atoms with van der Waals surface area (Å²) in [7, 11) is 3.04. The average Bonchev–Trinajstić information content (AvgIpc) is 2.79. The summed E-state index contributed by atoms with van der Waals surface area (Å²) in [5, 5.41) is 33.9. The molecule has 2 saturated carbocycles. The van der Waals surface area contributed by atoms with Gasteiger partial charge in [-0.3, -0.25) is 28.9 Å². The van der Waals surface area contributed by atoms with E-state index in [0.717, 1.165) is 0 Å². The van der Waals surface area contributed by atoms with Crippen LogP contribution in [0.15, 0.2) is 24.3 Å². The summed E-state index contributed by atoms with van der Waals surface area (Å²) in [6.07, 6.45) is -0.0625. The van der Waals surface area contributed by atoms with Crippen LogP contribution in [-0.2, 0) is 25.6 Å². The van der Waals surface area contributed by atoms with Crippen LogP contribution in [0.5, 0.6) is 11.5 Å². The second-order valence-electron chi connectivity index (χ2n) is 9.89. The Bertz CT molecular complexity index is 1360. The molecular weight excluding hydrogens is 456 g/mol. The molecule has 182 valence electrons. The van der Waals surface area contributed by atoms with Gasteiger partial charge in [0.25, 0.3) is 0 Å². The molecule has 0 radical (unpaired) electrons. The lowest BCUT2D eigenvalue weighted by Crippen LogP contribution is -2.74. The summed E-state index contributed by atoms with van der Waals surface area (Å²) in [5.74, 6) is -11.4. The maximum Gasteiger partial charge on any atom is 0.235 e. The number of fused-ring (bicyclic) bond motifs is 4. The number of hydrogen-bond donors (Lipinski definition) is 4. The lowest BCUT2D eigenvalue weighted by molar-refractivity contribution is -0.181. The van der Waals surface area contributed by atoms with Crippen LogP contribution in [0.25, 0.3) is 10.8 Å². The highest BCUT2D eigenvalue weighted by Crippen LogP contribution is 2.53. The number of ketones is 4. The molecule has 5 N–H and O–H groups in total. The molecule has 10 heteroatoms. The Hall–Kier alpha value is -3.63. The van der Waals surface area contributed by atoms with Gasteiger partial charge in [-0.2, -0.15) is 0 Å². The molecule has 0 spiro atoms. The fourth-order valence-electron chi connectivity index (χ4n) is 6.40. The summed E-state index contributed by atoms with van der Waals surface area (Å²) in [6, 6.07) is 5.23. The summed E-state index contributed by atoms with van der Waals surface area (Å²) in [5.41, 5.74) is 2.47. The number of phenolic OH excluding ortho intramolecular Hbond substituents is 2. The minimum atomic E-state index is -2.77. The number of nitrogens with zero attached hydrogens (tertiary/aromatic N) is 1. The molecule has 0 heterocycles. The molecule has 3 aliphatic carbocycles. The van der Waals surface area contributed by atoms with Crippen molar-refractivity contribution in [2.45, 2.75) is 24.5 Å². The van der Waals surface area contributed by atoms with Crippen molar-refractivity contribution in [3.8, 4) is 11.5 Å². The number of aliphatic hydroxyl groups is 1. The van der Waals surface area contributed by atoms with Crippen LogP contribution < -0.4 is 5.73 Å². The van der Waals surface area contributed by atoms with E-state index in [9.17, 15) is 39.3 Å². The van der Waals surface area contributed by atoms with E-state index in [1.807, 2.05) is 0 Å². The molecule has 2 aromatic rings. The highest BCUT2D eigenvalue weighted by atomic mass is 16.3. The van der Waals surface area contributed by atoms with Gasteiger partial charge in [-0.1, -0.05) is 24.3 Å². The third-order valence-electron chi connectivity index (χ3n) is 7.92. The molecule has 0 aliphatic heterocycles. The SMILES string of the molecule is CN(C)[C@@H]1C(=O)C(C(N)=O)C(=O)[C@@]2(O)C(=O)C3C(=O)c4c(c(O)c5ccccc5c4O)C[C@H]3C[C@@H]12. The topological polar surface area (TPSA) is 175 Å². The predicted molar refractivity (Wildman–Crippen MR) is 121 cm³/mol. The van der Waals surface area contributed by atoms with Crippen LogP contribution >= 0.6 is 0 Å². The molecular formula is C25H24N2O8. The van der Waals surface area contributed by atoms with Crippen molar-refractivity contribution in [2.24, 2.45) is 29.4 Å². The van der Waals surface area contributed by atoms with Gasteiger partial charge in [0.15, 0.2) is 34.7 Å². The van der Waals surface area contributed by atoms with E-state index >= 15 is 0 Å². The number of hydrogen-bond acceptors (Lipinski definition) is 9. The molecule has 5 rings (SSSR count). The number of primary amides is 1. The van der Waals surface area contributed by atoms with Crippen molar-refractivity contribution in [3.05, 3.63) is 35.4 Å². The number of phenols is 2. The minimum Gasteiger partial charge on any atom is -0.507 e. The van der Waals surface area contributed by atoms with Crippen molar-refractivity contribution in [1.82, 2.24) is 4.90 Å². The van der Waals surface area contributed by atoms with Crippen molar-refractivity contribution in [2.75, 3.05) is 14.1 Å². The summed E-state index contributed by atoms with van der Waals surface area (Å²) >= 11 is 0. The molecule has 0 aromatic heterocycles. The third kappa shape index (κ3) is 2.80. The lowest BCUT2D eigenvalue weighted by Gasteiger charge is -2.52. The van der Waals surface area contributed by atoms with Gasteiger partial charge in [0.2, 0.25) is 5.91 Å². The van der Waals surface area contributed by atoms with E-state index in [1.54, 1.807) is 18.2 Å². The molecule has 2 fully saturated rings. The minimum absolute atomic E-state index is 0.00999.